The summed E-state index contributed by atoms with van der Waals surface area (Å²) in [5.41, 5.74) is 0.275. The summed E-state index contributed by atoms with van der Waals surface area (Å²) < 4.78 is 7.50. The van der Waals surface area contributed by atoms with E-state index in [1.807, 2.05) is 12.3 Å². The minimum atomic E-state index is 0.244. The van der Waals surface area contributed by atoms with Crippen molar-refractivity contribution in [3.05, 3.63) is 24.3 Å². The first kappa shape index (κ1) is 18.0. The summed E-state index contributed by atoms with van der Waals surface area (Å²) in [6.07, 6.45) is 10.1. The summed E-state index contributed by atoms with van der Waals surface area (Å²) >= 11 is 0. The third-order valence-corrected chi connectivity index (χ3v) is 6.64. The molecule has 28 heavy (non-hydrogen) atoms. The second-order valence-electron chi connectivity index (χ2n) is 8.58. The van der Waals surface area contributed by atoms with Crippen molar-refractivity contribution in [1.82, 2.24) is 29.4 Å². The zero-order valence-electron chi connectivity index (χ0n) is 16.3. The van der Waals surface area contributed by atoms with Gasteiger partial charge < -0.3 is 9.64 Å². The number of carbonyl (C=O) groups is 1. The van der Waals surface area contributed by atoms with Crippen molar-refractivity contribution in [2.24, 2.45) is 5.41 Å². The van der Waals surface area contributed by atoms with Crippen LogP contribution < -0.4 is 0 Å². The third kappa shape index (κ3) is 3.63. The number of rotatable bonds is 4. The molecule has 2 aromatic heterocycles. The van der Waals surface area contributed by atoms with Crippen molar-refractivity contribution < 1.29 is 9.53 Å². The zero-order valence-corrected chi connectivity index (χ0v) is 16.3. The maximum absolute atomic E-state index is 12.4. The molecule has 8 nitrogen and oxygen atoms in total. The summed E-state index contributed by atoms with van der Waals surface area (Å²) in [4.78, 5) is 25.7. The number of nitrogens with zero attached hydrogens (tertiary/aromatic N) is 6. The Hall–Kier alpha value is -2.06. The topological polar surface area (TPSA) is 75.9 Å². The number of piperidine rings is 2. The largest absolute Gasteiger partial charge is 0.376 e. The molecule has 1 unspecified atom stereocenters. The Morgan fingerprint density at radius 2 is 2.14 bits per heavy atom. The molecule has 1 atom stereocenters. The van der Waals surface area contributed by atoms with E-state index in [0.717, 1.165) is 77.3 Å². The van der Waals surface area contributed by atoms with Gasteiger partial charge in [0.15, 0.2) is 5.82 Å². The van der Waals surface area contributed by atoms with Crippen molar-refractivity contribution in [3.63, 3.8) is 0 Å². The lowest BCUT2D eigenvalue weighted by atomic mass is 9.72. The van der Waals surface area contributed by atoms with Gasteiger partial charge in [0.2, 0.25) is 5.91 Å². The van der Waals surface area contributed by atoms with Crippen LogP contribution in [0.4, 0.5) is 0 Å². The maximum Gasteiger partial charge on any atom is 0.252 e. The van der Waals surface area contributed by atoms with Crippen molar-refractivity contribution in [2.45, 2.75) is 51.2 Å². The van der Waals surface area contributed by atoms with Gasteiger partial charge in [-0.1, -0.05) is 0 Å². The molecule has 3 saturated heterocycles. The number of ether oxygens (including phenoxy) is 1. The van der Waals surface area contributed by atoms with Gasteiger partial charge in [-0.3, -0.25) is 9.69 Å². The van der Waals surface area contributed by atoms with Crippen LogP contribution in [0.15, 0.2) is 18.5 Å². The highest BCUT2D eigenvalue weighted by molar-refractivity contribution is 5.77. The van der Waals surface area contributed by atoms with Crippen molar-refractivity contribution in [3.8, 4) is 0 Å². The Balaban J connectivity index is 1.19. The Morgan fingerprint density at radius 1 is 1.25 bits per heavy atom. The highest BCUT2D eigenvalue weighted by atomic mass is 16.5. The lowest BCUT2D eigenvalue weighted by Gasteiger charge is -2.47. The molecule has 0 aliphatic carbocycles. The van der Waals surface area contributed by atoms with Crippen molar-refractivity contribution in [1.29, 1.82) is 0 Å². The monoisotopic (exact) mass is 384 g/mol. The van der Waals surface area contributed by atoms with E-state index in [4.69, 9.17) is 4.74 Å². The van der Waals surface area contributed by atoms with Crippen LogP contribution in [0, 0.1) is 5.41 Å². The highest BCUT2D eigenvalue weighted by Crippen LogP contribution is 2.40. The summed E-state index contributed by atoms with van der Waals surface area (Å²) in [7, 11) is 0. The molecular weight excluding hydrogens is 356 g/mol. The summed E-state index contributed by atoms with van der Waals surface area (Å²) in [6.45, 7) is 5.35. The van der Waals surface area contributed by atoms with Crippen molar-refractivity contribution in [2.75, 3.05) is 32.8 Å². The summed E-state index contributed by atoms with van der Waals surface area (Å²) in [5, 5.41) is 4.52. The first-order chi connectivity index (χ1) is 13.7. The average molecular weight is 384 g/mol. The molecule has 3 fully saturated rings. The number of hydrogen-bond acceptors (Lipinski definition) is 6. The lowest BCUT2D eigenvalue weighted by molar-refractivity contribution is -0.141. The van der Waals surface area contributed by atoms with E-state index in [9.17, 15) is 4.79 Å². The maximum atomic E-state index is 12.4. The first-order valence-electron chi connectivity index (χ1n) is 10.5. The quantitative estimate of drug-likeness (QED) is 0.795. The molecule has 0 saturated carbocycles. The normalized spacial score (nSPS) is 25.8. The number of likely N-dealkylation sites (tertiary alicyclic amines) is 2. The first-order valence-corrected chi connectivity index (χ1v) is 10.5. The molecule has 0 bridgehead atoms. The molecule has 150 valence electrons. The van der Waals surface area contributed by atoms with E-state index in [2.05, 4.69) is 24.9 Å². The van der Waals surface area contributed by atoms with Crippen LogP contribution in [0.2, 0.25) is 0 Å². The van der Waals surface area contributed by atoms with E-state index in [-0.39, 0.29) is 11.5 Å². The number of carbonyl (C=O) groups excluding carboxylic acids is 1. The highest BCUT2D eigenvalue weighted by Gasteiger charge is 2.41. The molecule has 1 amide bonds. The van der Waals surface area contributed by atoms with Crippen LogP contribution in [0.3, 0.4) is 0 Å². The van der Waals surface area contributed by atoms with Crippen LogP contribution >= 0.6 is 0 Å². The Bertz CT molecular complexity index is 805. The van der Waals surface area contributed by atoms with Crippen molar-refractivity contribution >= 4 is 11.7 Å². The van der Waals surface area contributed by atoms with E-state index >= 15 is 0 Å². The number of aromatic nitrogens is 4. The molecule has 0 aromatic carbocycles. The smallest absolute Gasteiger partial charge is 0.252 e. The molecule has 5 rings (SSSR count). The van der Waals surface area contributed by atoms with Gasteiger partial charge in [-0.15, -0.1) is 5.10 Å². The van der Waals surface area contributed by atoms with Gasteiger partial charge in [0.1, 0.15) is 0 Å². The van der Waals surface area contributed by atoms with E-state index in [0.29, 0.717) is 18.1 Å². The molecular formula is C20H28N6O2. The fourth-order valence-corrected chi connectivity index (χ4v) is 4.94. The summed E-state index contributed by atoms with van der Waals surface area (Å²) in [6, 6.07) is 1.86. The minimum Gasteiger partial charge on any atom is -0.376 e. The van der Waals surface area contributed by atoms with E-state index in [1.54, 1.807) is 10.7 Å². The fraction of sp³-hybridized carbons (Fsp3) is 0.700. The molecule has 0 radical (unpaired) electrons. The van der Waals surface area contributed by atoms with Gasteiger partial charge in [0.05, 0.1) is 12.6 Å². The van der Waals surface area contributed by atoms with Gasteiger partial charge in [-0.05, 0) is 56.7 Å². The molecule has 3 aliphatic heterocycles. The van der Waals surface area contributed by atoms with E-state index in [1.165, 1.54) is 0 Å². The SMILES string of the molecule is O=C1CCC2(CCN(Cc3nc4ncccn4n3)CC2)CN1CC1CCCO1. The van der Waals surface area contributed by atoms with Crippen LogP contribution in [0.25, 0.3) is 5.78 Å². The Labute approximate surface area is 164 Å². The summed E-state index contributed by atoms with van der Waals surface area (Å²) in [5.74, 6) is 1.79. The molecule has 2 aromatic rings. The predicted molar refractivity (Wildman–Crippen MR) is 103 cm³/mol. The zero-order chi connectivity index (χ0) is 19.0. The van der Waals surface area contributed by atoms with Gasteiger partial charge in [0.25, 0.3) is 5.78 Å². The molecule has 1 spiro atoms. The standard InChI is InChI=1S/C20H28N6O2/c27-18-4-5-20(15-25(18)13-16-3-1-12-28-16)6-10-24(11-7-20)14-17-22-19-21-8-2-9-26(19)23-17/h2,8-9,16H,1,3-7,10-15H2. The Morgan fingerprint density at radius 3 is 2.93 bits per heavy atom. The predicted octanol–water partition coefficient (Wildman–Crippen LogP) is 1.51. The van der Waals surface area contributed by atoms with Gasteiger partial charge in [0, 0.05) is 38.5 Å². The van der Waals surface area contributed by atoms with Gasteiger partial charge in [-0.25, -0.2) is 9.50 Å². The van der Waals surface area contributed by atoms with Gasteiger partial charge >= 0.3 is 0 Å². The van der Waals surface area contributed by atoms with Crippen LogP contribution in [0.1, 0.15) is 44.3 Å². The molecule has 5 heterocycles. The van der Waals surface area contributed by atoms with Gasteiger partial charge in [-0.2, -0.15) is 4.98 Å². The third-order valence-electron chi connectivity index (χ3n) is 6.64. The fourth-order valence-electron chi connectivity index (χ4n) is 4.94. The average Bonchev–Trinajstić information content (AvgIpc) is 3.36. The molecule has 3 aliphatic rings. The number of hydrogen-bond donors (Lipinski definition) is 0. The van der Waals surface area contributed by atoms with Crippen LogP contribution in [-0.2, 0) is 16.1 Å². The number of amides is 1. The minimum absolute atomic E-state index is 0.244. The Kier molecular flexibility index (Phi) is 4.76. The lowest BCUT2D eigenvalue weighted by Crippen LogP contribution is -2.52. The van der Waals surface area contributed by atoms with Crippen LogP contribution in [-0.4, -0.2) is 74.2 Å². The second-order valence-corrected chi connectivity index (χ2v) is 8.58. The molecule has 0 N–H and O–H groups in total. The molecule has 8 heteroatoms. The van der Waals surface area contributed by atoms with Crippen LogP contribution in [0.5, 0.6) is 0 Å². The van der Waals surface area contributed by atoms with E-state index < -0.39 is 0 Å². The number of fused-ring (bicyclic) bond motifs is 1. The second kappa shape index (κ2) is 7.40.